The Kier molecular flexibility index (Phi) is 4.87. The molecular weight excluding hydrogens is 255 g/mol. The lowest BCUT2D eigenvalue weighted by Crippen LogP contribution is -2.26. The van der Waals surface area contributed by atoms with Gasteiger partial charge in [0.25, 0.3) is 0 Å². The number of nitrogens with one attached hydrogen (secondary N) is 2. The van der Waals surface area contributed by atoms with Gasteiger partial charge in [-0.1, -0.05) is 0 Å². The molecule has 108 valence electrons. The standard InChI is InChI=1S/C15H21FN4/c1-11-18-14(10-17-8-9-20(2)3)15(19-11)12-4-6-13(16)7-5-12/h4-7,17H,8-10H2,1-3H3,(H,18,19). The Morgan fingerprint density at radius 1 is 1.25 bits per heavy atom. The maximum atomic E-state index is 13.0. The topological polar surface area (TPSA) is 44.0 Å². The lowest BCUT2D eigenvalue weighted by atomic mass is 10.1. The summed E-state index contributed by atoms with van der Waals surface area (Å²) < 4.78 is 13.0. The number of benzene rings is 1. The zero-order valence-corrected chi connectivity index (χ0v) is 12.2. The van der Waals surface area contributed by atoms with Gasteiger partial charge in [0.1, 0.15) is 11.6 Å². The molecular formula is C15H21FN4. The number of aromatic amines is 1. The Hall–Kier alpha value is -1.72. The summed E-state index contributed by atoms with van der Waals surface area (Å²) in [6.07, 6.45) is 0. The van der Waals surface area contributed by atoms with Crippen molar-refractivity contribution in [3.63, 3.8) is 0 Å². The van der Waals surface area contributed by atoms with Crippen LogP contribution in [0, 0.1) is 12.7 Å². The molecule has 0 aliphatic rings. The smallest absolute Gasteiger partial charge is 0.123 e. The predicted molar refractivity (Wildman–Crippen MR) is 79.0 cm³/mol. The van der Waals surface area contributed by atoms with Crippen molar-refractivity contribution in [1.82, 2.24) is 20.2 Å². The highest BCUT2D eigenvalue weighted by Gasteiger charge is 2.10. The Balaban J connectivity index is 2.08. The second-order valence-electron chi connectivity index (χ2n) is 5.13. The molecule has 20 heavy (non-hydrogen) atoms. The lowest BCUT2D eigenvalue weighted by Gasteiger charge is -2.10. The molecule has 0 bridgehead atoms. The van der Waals surface area contributed by atoms with Crippen molar-refractivity contribution in [3.05, 3.63) is 41.6 Å². The third-order valence-electron chi connectivity index (χ3n) is 3.06. The fourth-order valence-electron chi connectivity index (χ4n) is 2.03. The van der Waals surface area contributed by atoms with Crippen molar-refractivity contribution >= 4 is 0 Å². The van der Waals surface area contributed by atoms with Crippen LogP contribution in [0.2, 0.25) is 0 Å². The molecule has 2 rings (SSSR count). The van der Waals surface area contributed by atoms with E-state index in [1.165, 1.54) is 12.1 Å². The van der Waals surface area contributed by atoms with Crippen molar-refractivity contribution in [1.29, 1.82) is 0 Å². The number of imidazole rings is 1. The predicted octanol–water partition coefficient (Wildman–Crippen LogP) is 2.18. The van der Waals surface area contributed by atoms with Crippen molar-refractivity contribution in [3.8, 4) is 11.3 Å². The van der Waals surface area contributed by atoms with E-state index in [1.807, 2.05) is 21.0 Å². The maximum Gasteiger partial charge on any atom is 0.123 e. The summed E-state index contributed by atoms with van der Waals surface area (Å²) >= 11 is 0. The van der Waals surface area contributed by atoms with Gasteiger partial charge >= 0.3 is 0 Å². The minimum atomic E-state index is -0.226. The highest BCUT2D eigenvalue weighted by atomic mass is 19.1. The molecule has 0 radical (unpaired) electrons. The average molecular weight is 276 g/mol. The molecule has 4 nitrogen and oxygen atoms in total. The molecule has 0 spiro atoms. The first-order valence-electron chi connectivity index (χ1n) is 6.73. The summed E-state index contributed by atoms with van der Waals surface area (Å²) in [5, 5.41) is 3.37. The van der Waals surface area contributed by atoms with Crippen molar-refractivity contribution in [2.75, 3.05) is 27.2 Å². The van der Waals surface area contributed by atoms with E-state index >= 15 is 0 Å². The van der Waals surface area contributed by atoms with E-state index in [4.69, 9.17) is 0 Å². The summed E-state index contributed by atoms with van der Waals surface area (Å²) in [6, 6.07) is 6.47. The molecule has 0 aliphatic carbocycles. The van der Waals surface area contributed by atoms with Crippen LogP contribution in [0.3, 0.4) is 0 Å². The van der Waals surface area contributed by atoms with Crippen LogP contribution in [0.1, 0.15) is 11.5 Å². The van der Waals surface area contributed by atoms with Crippen LogP contribution in [0.15, 0.2) is 24.3 Å². The van der Waals surface area contributed by atoms with Gasteiger partial charge in [0, 0.05) is 25.2 Å². The monoisotopic (exact) mass is 276 g/mol. The van der Waals surface area contributed by atoms with Crippen LogP contribution in [-0.4, -0.2) is 42.1 Å². The molecule has 2 N–H and O–H groups in total. The summed E-state index contributed by atoms with van der Waals surface area (Å²) in [5.41, 5.74) is 2.88. The fourth-order valence-corrected chi connectivity index (χ4v) is 2.03. The van der Waals surface area contributed by atoms with Crippen LogP contribution in [0.4, 0.5) is 4.39 Å². The van der Waals surface area contributed by atoms with Crippen LogP contribution in [-0.2, 0) is 6.54 Å². The number of likely N-dealkylation sites (N-methyl/N-ethyl adjacent to an activating group) is 1. The molecule has 2 aromatic rings. The number of aryl methyl sites for hydroxylation is 1. The van der Waals surface area contributed by atoms with Gasteiger partial charge < -0.3 is 15.2 Å². The summed E-state index contributed by atoms with van der Waals surface area (Å²) in [6.45, 7) is 4.51. The minimum Gasteiger partial charge on any atom is -0.342 e. The van der Waals surface area contributed by atoms with Gasteiger partial charge in [0.2, 0.25) is 0 Å². The fraction of sp³-hybridized carbons (Fsp3) is 0.400. The molecule has 1 aromatic carbocycles. The minimum absolute atomic E-state index is 0.226. The molecule has 1 heterocycles. The Bertz CT molecular complexity index is 546. The van der Waals surface area contributed by atoms with Crippen LogP contribution in [0.5, 0.6) is 0 Å². The van der Waals surface area contributed by atoms with Crippen molar-refractivity contribution < 1.29 is 4.39 Å². The number of nitrogens with zero attached hydrogens (tertiary/aromatic N) is 2. The molecule has 0 aliphatic heterocycles. The van der Waals surface area contributed by atoms with Crippen LogP contribution < -0.4 is 5.32 Å². The largest absolute Gasteiger partial charge is 0.342 e. The third-order valence-corrected chi connectivity index (χ3v) is 3.06. The van der Waals surface area contributed by atoms with E-state index in [2.05, 4.69) is 20.2 Å². The molecule has 5 heteroatoms. The Morgan fingerprint density at radius 2 is 1.95 bits per heavy atom. The first-order valence-corrected chi connectivity index (χ1v) is 6.73. The quantitative estimate of drug-likeness (QED) is 0.795. The van der Waals surface area contributed by atoms with Gasteiger partial charge in [-0.05, 0) is 45.3 Å². The molecule has 0 atom stereocenters. The van der Waals surface area contributed by atoms with E-state index in [0.717, 1.165) is 35.9 Å². The van der Waals surface area contributed by atoms with Crippen LogP contribution >= 0.6 is 0 Å². The zero-order valence-electron chi connectivity index (χ0n) is 12.2. The Morgan fingerprint density at radius 3 is 2.60 bits per heavy atom. The molecule has 0 unspecified atom stereocenters. The Labute approximate surface area is 119 Å². The van der Waals surface area contributed by atoms with Gasteiger partial charge in [-0.15, -0.1) is 0 Å². The van der Waals surface area contributed by atoms with Gasteiger partial charge in [0.05, 0.1) is 11.4 Å². The first-order chi connectivity index (χ1) is 9.56. The summed E-state index contributed by atoms with van der Waals surface area (Å²) in [7, 11) is 4.09. The zero-order chi connectivity index (χ0) is 14.5. The maximum absolute atomic E-state index is 13.0. The molecule has 1 aromatic heterocycles. The second kappa shape index (κ2) is 6.63. The highest BCUT2D eigenvalue weighted by molar-refractivity contribution is 5.62. The molecule has 0 saturated carbocycles. The number of rotatable bonds is 6. The lowest BCUT2D eigenvalue weighted by molar-refractivity contribution is 0.399. The van der Waals surface area contributed by atoms with Crippen LogP contribution in [0.25, 0.3) is 11.3 Å². The van der Waals surface area contributed by atoms with E-state index in [-0.39, 0.29) is 5.82 Å². The summed E-state index contributed by atoms with van der Waals surface area (Å²) in [5.74, 6) is 0.643. The van der Waals surface area contributed by atoms with E-state index in [1.54, 1.807) is 12.1 Å². The van der Waals surface area contributed by atoms with Gasteiger partial charge in [0.15, 0.2) is 0 Å². The molecule has 0 amide bonds. The van der Waals surface area contributed by atoms with E-state index in [0.29, 0.717) is 6.54 Å². The molecule has 0 saturated heterocycles. The van der Waals surface area contributed by atoms with Gasteiger partial charge in [-0.3, -0.25) is 0 Å². The van der Waals surface area contributed by atoms with Gasteiger partial charge in [-0.2, -0.15) is 0 Å². The van der Waals surface area contributed by atoms with Crippen molar-refractivity contribution in [2.45, 2.75) is 13.5 Å². The van der Waals surface area contributed by atoms with E-state index < -0.39 is 0 Å². The number of hydrogen-bond donors (Lipinski definition) is 2. The normalized spacial score (nSPS) is 11.2. The number of hydrogen-bond acceptors (Lipinski definition) is 3. The second-order valence-corrected chi connectivity index (χ2v) is 5.13. The number of aromatic nitrogens is 2. The SMILES string of the molecule is Cc1nc(CNCCN(C)C)c(-c2ccc(F)cc2)[nH]1. The first kappa shape index (κ1) is 14.7. The average Bonchev–Trinajstić information content (AvgIpc) is 2.76. The number of H-pyrrole nitrogens is 1. The highest BCUT2D eigenvalue weighted by Crippen LogP contribution is 2.21. The van der Waals surface area contributed by atoms with E-state index in [9.17, 15) is 4.39 Å². The van der Waals surface area contributed by atoms with Gasteiger partial charge in [-0.25, -0.2) is 9.37 Å². The molecule has 0 fully saturated rings. The summed E-state index contributed by atoms with van der Waals surface area (Å²) in [4.78, 5) is 9.88. The third kappa shape index (κ3) is 3.88. The number of halogens is 1. The van der Waals surface area contributed by atoms with Crippen molar-refractivity contribution in [2.24, 2.45) is 0 Å².